The monoisotopic (exact) mass is 520 g/mol. The van der Waals surface area contributed by atoms with E-state index < -0.39 is 71.1 Å². The molecule has 0 spiro atoms. The molecule has 3 rings (SSSR count). The van der Waals surface area contributed by atoms with Crippen LogP contribution in [0.1, 0.15) is 74.1 Å². The van der Waals surface area contributed by atoms with Gasteiger partial charge in [-0.25, -0.2) is 0 Å². The molecule has 0 bridgehead atoms. The minimum atomic E-state index is -1.91. The molecule has 9 nitrogen and oxygen atoms in total. The van der Waals surface area contributed by atoms with E-state index in [1.54, 1.807) is 19.1 Å². The summed E-state index contributed by atoms with van der Waals surface area (Å²) in [6, 6.07) is 0. The molecule has 1 heterocycles. The van der Waals surface area contributed by atoms with Gasteiger partial charge in [0.2, 0.25) is 0 Å². The minimum Gasteiger partial charge on any atom is -0.462 e. The van der Waals surface area contributed by atoms with Gasteiger partial charge < -0.3 is 24.1 Å². The molecule has 0 aromatic heterocycles. The van der Waals surface area contributed by atoms with Crippen LogP contribution in [0.5, 0.6) is 0 Å². The Hall–Kier alpha value is -2.68. The second-order valence-corrected chi connectivity index (χ2v) is 11.0. The fraction of sp³-hybridized carbons (Fsp3) is 0.714. The van der Waals surface area contributed by atoms with E-state index >= 15 is 0 Å². The zero-order valence-electron chi connectivity index (χ0n) is 22.8. The summed E-state index contributed by atoms with van der Waals surface area (Å²) in [6.45, 7) is 11.6. The summed E-state index contributed by atoms with van der Waals surface area (Å²) in [5, 5.41) is 12.3. The third-order valence-electron chi connectivity index (χ3n) is 8.23. The molecule has 206 valence electrons. The fourth-order valence-corrected chi connectivity index (χ4v) is 6.21. The second kappa shape index (κ2) is 11.0. The molecular formula is C28H40O9. The van der Waals surface area contributed by atoms with Crippen LogP contribution in [0.2, 0.25) is 0 Å². The van der Waals surface area contributed by atoms with Crippen LogP contribution in [0.25, 0.3) is 0 Å². The summed E-state index contributed by atoms with van der Waals surface area (Å²) in [5.41, 5.74) is -2.02. The molecule has 9 heteroatoms. The minimum absolute atomic E-state index is 0.248. The number of esters is 4. The van der Waals surface area contributed by atoms with Crippen LogP contribution in [-0.4, -0.2) is 59.0 Å². The third kappa shape index (κ3) is 5.47. The van der Waals surface area contributed by atoms with E-state index in [0.717, 1.165) is 5.57 Å². The molecule has 1 saturated heterocycles. The Balaban J connectivity index is 2.26. The molecule has 0 aromatic carbocycles. The molecular weight excluding hydrogens is 480 g/mol. The standard InChI is InChI=1S/C28H40O9/c1-8-9-23(31)36-20-12-13-27(7)21(34-18(5)29)11-10-15(2)14-22-28(33,17(4)26(32)37-22)25(35-19(6)30)24(27)16(20)3/h12-14,16-17,20-22,24-25,33H,8-11H2,1-7H3/b15-14-/t16-,17?,20?,21?,22?,24?,25+,27+,28?/m0/s1. The molecule has 0 saturated carbocycles. The Labute approximate surface area is 218 Å². The quantitative estimate of drug-likeness (QED) is 0.330. The first kappa shape index (κ1) is 28.9. The predicted octanol–water partition coefficient (Wildman–Crippen LogP) is 3.42. The molecule has 2 aliphatic carbocycles. The topological polar surface area (TPSA) is 125 Å². The summed E-state index contributed by atoms with van der Waals surface area (Å²) >= 11 is 0. The highest BCUT2D eigenvalue weighted by atomic mass is 16.6. The van der Waals surface area contributed by atoms with Crippen molar-refractivity contribution in [1.82, 2.24) is 0 Å². The van der Waals surface area contributed by atoms with Crippen LogP contribution in [0, 0.1) is 23.2 Å². The van der Waals surface area contributed by atoms with Gasteiger partial charge in [-0.1, -0.05) is 32.4 Å². The van der Waals surface area contributed by atoms with Crippen LogP contribution in [-0.2, 0) is 38.1 Å². The van der Waals surface area contributed by atoms with Gasteiger partial charge in [-0.15, -0.1) is 0 Å². The molecule has 6 unspecified atom stereocenters. The molecule has 0 radical (unpaired) electrons. The Kier molecular flexibility index (Phi) is 8.57. The van der Waals surface area contributed by atoms with Crippen LogP contribution in [0.4, 0.5) is 0 Å². The van der Waals surface area contributed by atoms with Crippen molar-refractivity contribution in [1.29, 1.82) is 0 Å². The van der Waals surface area contributed by atoms with Gasteiger partial charge in [-0.3, -0.25) is 19.2 Å². The lowest BCUT2D eigenvalue weighted by Gasteiger charge is -2.53. The van der Waals surface area contributed by atoms with E-state index in [2.05, 4.69) is 0 Å². The molecule has 9 atom stereocenters. The maximum absolute atomic E-state index is 12.8. The Morgan fingerprint density at radius 1 is 1.14 bits per heavy atom. The largest absolute Gasteiger partial charge is 0.462 e. The zero-order valence-corrected chi connectivity index (χ0v) is 22.8. The summed E-state index contributed by atoms with van der Waals surface area (Å²) in [6.07, 6.45) is 3.55. The van der Waals surface area contributed by atoms with E-state index in [1.807, 2.05) is 33.8 Å². The predicted molar refractivity (Wildman–Crippen MR) is 133 cm³/mol. The molecule has 1 aliphatic heterocycles. The smallest absolute Gasteiger partial charge is 0.312 e. The van der Waals surface area contributed by atoms with Crippen LogP contribution in [0.3, 0.4) is 0 Å². The molecule has 3 aliphatic rings. The first-order valence-corrected chi connectivity index (χ1v) is 13.1. The lowest BCUT2D eigenvalue weighted by Crippen LogP contribution is -2.64. The van der Waals surface area contributed by atoms with Gasteiger partial charge in [0.1, 0.15) is 18.3 Å². The van der Waals surface area contributed by atoms with Crippen molar-refractivity contribution in [3.63, 3.8) is 0 Å². The van der Waals surface area contributed by atoms with Crippen molar-refractivity contribution in [2.75, 3.05) is 0 Å². The maximum Gasteiger partial charge on any atom is 0.312 e. The van der Waals surface area contributed by atoms with Gasteiger partial charge in [0.15, 0.2) is 11.7 Å². The van der Waals surface area contributed by atoms with Gasteiger partial charge in [0, 0.05) is 37.5 Å². The summed E-state index contributed by atoms with van der Waals surface area (Å²) in [7, 11) is 0. The first-order valence-electron chi connectivity index (χ1n) is 13.1. The van der Waals surface area contributed by atoms with E-state index in [0.29, 0.717) is 19.3 Å². The van der Waals surface area contributed by atoms with Crippen molar-refractivity contribution in [3.8, 4) is 0 Å². The Morgan fingerprint density at radius 2 is 1.78 bits per heavy atom. The average Bonchev–Trinajstić information content (AvgIpc) is 3.01. The van der Waals surface area contributed by atoms with Crippen molar-refractivity contribution in [3.05, 3.63) is 23.8 Å². The van der Waals surface area contributed by atoms with Crippen LogP contribution >= 0.6 is 0 Å². The van der Waals surface area contributed by atoms with E-state index in [-0.39, 0.29) is 12.4 Å². The number of fused-ring (bicyclic) bond motifs is 2. The SMILES string of the molecule is CCCC(=O)OC1C=C[C@]2(C)C(OC(C)=O)CC/C(C)=C\C3OC(=O)C(C)C3(O)[C@H](OC(C)=O)C2[C@H]1C. The summed E-state index contributed by atoms with van der Waals surface area (Å²) < 4.78 is 23.1. The summed E-state index contributed by atoms with van der Waals surface area (Å²) in [4.78, 5) is 49.9. The summed E-state index contributed by atoms with van der Waals surface area (Å²) in [5.74, 6) is -4.27. The maximum atomic E-state index is 12.8. The number of rotatable bonds is 5. The number of aliphatic hydroxyl groups is 1. The number of carbonyl (C=O) groups is 4. The second-order valence-electron chi connectivity index (χ2n) is 11.0. The van der Waals surface area contributed by atoms with Gasteiger partial charge in [-0.05, 0) is 45.3 Å². The first-order chi connectivity index (χ1) is 17.2. The average molecular weight is 521 g/mol. The van der Waals surface area contributed by atoms with E-state index in [4.69, 9.17) is 18.9 Å². The molecule has 1 N–H and O–H groups in total. The molecule has 0 aromatic rings. The Bertz CT molecular complexity index is 984. The van der Waals surface area contributed by atoms with Crippen molar-refractivity contribution in [2.45, 2.75) is 104 Å². The highest BCUT2D eigenvalue weighted by Gasteiger charge is 2.66. The van der Waals surface area contributed by atoms with Gasteiger partial charge in [0.25, 0.3) is 0 Å². The van der Waals surface area contributed by atoms with Crippen LogP contribution < -0.4 is 0 Å². The van der Waals surface area contributed by atoms with E-state index in [9.17, 15) is 24.3 Å². The fourth-order valence-electron chi connectivity index (χ4n) is 6.21. The van der Waals surface area contributed by atoms with Crippen molar-refractivity contribution >= 4 is 23.9 Å². The van der Waals surface area contributed by atoms with Crippen LogP contribution in [0.15, 0.2) is 23.8 Å². The van der Waals surface area contributed by atoms with Gasteiger partial charge in [0.05, 0.1) is 5.92 Å². The van der Waals surface area contributed by atoms with E-state index in [1.165, 1.54) is 13.8 Å². The number of carbonyl (C=O) groups excluding carboxylic acids is 4. The Morgan fingerprint density at radius 3 is 2.38 bits per heavy atom. The van der Waals surface area contributed by atoms with Gasteiger partial charge >= 0.3 is 23.9 Å². The normalized spacial score (nSPS) is 40.8. The van der Waals surface area contributed by atoms with Gasteiger partial charge in [-0.2, -0.15) is 0 Å². The third-order valence-corrected chi connectivity index (χ3v) is 8.23. The molecule has 0 amide bonds. The lowest BCUT2D eigenvalue weighted by atomic mass is 9.56. The van der Waals surface area contributed by atoms with Crippen molar-refractivity contribution in [2.24, 2.45) is 23.2 Å². The molecule has 1 fully saturated rings. The number of ether oxygens (including phenoxy) is 4. The highest BCUT2D eigenvalue weighted by Crippen LogP contribution is 2.54. The number of allylic oxidation sites excluding steroid dienone is 1. The number of hydrogen-bond donors (Lipinski definition) is 1. The number of hydrogen-bond acceptors (Lipinski definition) is 9. The highest BCUT2D eigenvalue weighted by molar-refractivity contribution is 5.77. The van der Waals surface area contributed by atoms with Crippen molar-refractivity contribution < 1.29 is 43.2 Å². The molecule has 37 heavy (non-hydrogen) atoms. The lowest BCUT2D eigenvalue weighted by molar-refractivity contribution is -0.211. The zero-order chi connectivity index (χ0) is 27.7.